The van der Waals surface area contributed by atoms with E-state index in [-0.39, 0.29) is 24.9 Å². The molecule has 0 bridgehead atoms. The first kappa shape index (κ1) is 19.3. The predicted octanol–water partition coefficient (Wildman–Crippen LogP) is 3.22. The Labute approximate surface area is 162 Å². The van der Waals surface area contributed by atoms with Crippen LogP contribution in [0.5, 0.6) is 0 Å². The van der Waals surface area contributed by atoms with E-state index in [1.54, 1.807) is 59.5 Å². The van der Waals surface area contributed by atoms with Gasteiger partial charge in [-0.2, -0.15) is 5.10 Å². The van der Waals surface area contributed by atoms with E-state index in [2.05, 4.69) is 5.10 Å². The van der Waals surface area contributed by atoms with E-state index in [4.69, 9.17) is 4.74 Å². The summed E-state index contributed by atoms with van der Waals surface area (Å²) < 4.78 is 20.1. The quantitative estimate of drug-likeness (QED) is 0.590. The summed E-state index contributed by atoms with van der Waals surface area (Å²) in [6, 6.07) is 14.6. The molecule has 6 nitrogen and oxygen atoms in total. The summed E-state index contributed by atoms with van der Waals surface area (Å²) in [7, 11) is 0. The van der Waals surface area contributed by atoms with Gasteiger partial charge in [0.05, 0.1) is 11.3 Å². The van der Waals surface area contributed by atoms with Crippen LogP contribution >= 0.6 is 0 Å². The maximum absolute atomic E-state index is 13.3. The Balaban J connectivity index is 1.56. The molecule has 0 aliphatic carbocycles. The molecule has 0 aliphatic rings. The molecular formula is C21H20FN3O3. The number of benzene rings is 2. The molecule has 3 aromatic rings. The molecule has 0 saturated heterocycles. The number of likely N-dealkylation sites (N-methyl/N-ethyl adjacent to an activating group) is 1. The number of halogens is 1. The zero-order valence-corrected chi connectivity index (χ0v) is 15.4. The standard InChI is InChI=1S/C21H20FN3O3/c1-2-24(14-16-5-3-6-18(22)13-16)20(26)15-28-21(27)17-7-9-19(10-8-17)25-12-4-11-23-25/h3-13H,2,14-15H2,1H3. The molecule has 0 spiro atoms. The molecule has 0 saturated carbocycles. The summed E-state index contributed by atoms with van der Waals surface area (Å²) in [4.78, 5) is 26.1. The highest BCUT2D eigenvalue weighted by atomic mass is 19.1. The monoisotopic (exact) mass is 381 g/mol. The van der Waals surface area contributed by atoms with E-state index in [1.807, 2.05) is 6.92 Å². The van der Waals surface area contributed by atoms with Crippen LogP contribution in [0.3, 0.4) is 0 Å². The summed E-state index contributed by atoms with van der Waals surface area (Å²) in [5.74, 6) is -1.28. The molecule has 7 heteroatoms. The third kappa shape index (κ3) is 4.82. The van der Waals surface area contributed by atoms with Crippen molar-refractivity contribution in [2.75, 3.05) is 13.2 Å². The summed E-state index contributed by atoms with van der Waals surface area (Å²) in [6.45, 7) is 2.12. The minimum Gasteiger partial charge on any atom is -0.452 e. The fourth-order valence-electron chi connectivity index (χ4n) is 2.71. The molecule has 0 fully saturated rings. The molecule has 3 rings (SSSR count). The lowest BCUT2D eigenvalue weighted by Gasteiger charge is -2.21. The second-order valence-corrected chi connectivity index (χ2v) is 6.11. The van der Waals surface area contributed by atoms with Gasteiger partial charge in [-0.05, 0) is 55.0 Å². The fourth-order valence-corrected chi connectivity index (χ4v) is 2.71. The third-order valence-electron chi connectivity index (χ3n) is 4.20. The highest BCUT2D eigenvalue weighted by molar-refractivity contribution is 5.91. The molecular weight excluding hydrogens is 361 g/mol. The van der Waals surface area contributed by atoms with Gasteiger partial charge >= 0.3 is 5.97 Å². The van der Waals surface area contributed by atoms with Crippen LogP contribution in [0.2, 0.25) is 0 Å². The second-order valence-electron chi connectivity index (χ2n) is 6.11. The number of amides is 1. The lowest BCUT2D eigenvalue weighted by molar-refractivity contribution is -0.134. The van der Waals surface area contributed by atoms with Crippen molar-refractivity contribution >= 4 is 11.9 Å². The highest BCUT2D eigenvalue weighted by Crippen LogP contribution is 2.11. The van der Waals surface area contributed by atoms with Gasteiger partial charge in [-0.1, -0.05) is 12.1 Å². The van der Waals surface area contributed by atoms with E-state index in [0.717, 1.165) is 5.69 Å². The lowest BCUT2D eigenvalue weighted by atomic mass is 10.2. The summed E-state index contributed by atoms with van der Waals surface area (Å²) in [5, 5.41) is 4.12. The van der Waals surface area contributed by atoms with Crippen LogP contribution in [0.15, 0.2) is 67.0 Å². The molecule has 0 unspecified atom stereocenters. The zero-order chi connectivity index (χ0) is 19.9. The molecule has 2 aromatic carbocycles. The predicted molar refractivity (Wildman–Crippen MR) is 101 cm³/mol. The summed E-state index contributed by atoms with van der Waals surface area (Å²) >= 11 is 0. The summed E-state index contributed by atoms with van der Waals surface area (Å²) in [5.41, 5.74) is 1.83. The van der Waals surface area contributed by atoms with Crippen LogP contribution in [-0.4, -0.2) is 39.7 Å². The fraction of sp³-hybridized carbons (Fsp3) is 0.190. The molecule has 28 heavy (non-hydrogen) atoms. The van der Waals surface area contributed by atoms with Crippen molar-refractivity contribution in [3.8, 4) is 5.69 Å². The van der Waals surface area contributed by atoms with E-state index in [1.165, 1.54) is 17.0 Å². The van der Waals surface area contributed by atoms with Crippen molar-refractivity contribution in [3.05, 3.63) is 83.9 Å². The maximum atomic E-state index is 13.3. The van der Waals surface area contributed by atoms with Crippen molar-refractivity contribution in [1.82, 2.24) is 14.7 Å². The largest absolute Gasteiger partial charge is 0.452 e. The normalized spacial score (nSPS) is 10.5. The zero-order valence-electron chi connectivity index (χ0n) is 15.4. The minimum atomic E-state index is -0.581. The first-order valence-electron chi connectivity index (χ1n) is 8.86. The van der Waals surface area contributed by atoms with Crippen molar-refractivity contribution in [2.24, 2.45) is 0 Å². The number of rotatable bonds is 7. The molecule has 1 heterocycles. The molecule has 0 N–H and O–H groups in total. The molecule has 0 aliphatic heterocycles. The van der Waals surface area contributed by atoms with Crippen molar-refractivity contribution in [2.45, 2.75) is 13.5 Å². The van der Waals surface area contributed by atoms with E-state index in [0.29, 0.717) is 17.7 Å². The number of carbonyl (C=O) groups is 2. The van der Waals surface area contributed by atoms with Gasteiger partial charge < -0.3 is 9.64 Å². The van der Waals surface area contributed by atoms with Crippen LogP contribution in [0.4, 0.5) is 4.39 Å². The molecule has 0 radical (unpaired) electrons. The molecule has 0 atom stereocenters. The Bertz CT molecular complexity index is 940. The van der Waals surface area contributed by atoms with Gasteiger partial charge in [0.25, 0.3) is 5.91 Å². The topological polar surface area (TPSA) is 64.4 Å². The van der Waals surface area contributed by atoms with Crippen LogP contribution in [0.25, 0.3) is 5.69 Å². The first-order chi connectivity index (χ1) is 13.6. The van der Waals surface area contributed by atoms with Crippen LogP contribution in [-0.2, 0) is 16.1 Å². The van der Waals surface area contributed by atoms with Gasteiger partial charge in [-0.15, -0.1) is 0 Å². The Morgan fingerprint density at radius 2 is 1.93 bits per heavy atom. The Kier molecular flexibility index (Phi) is 6.16. The van der Waals surface area contributed by atoms with Gasteiger partial charge in [0.2, 0.25) is 0 Å². The average molecular weight is 381 g/mol. The molecule has 1 aromatic heterocycles. The van der Waals surface area contributed by atoms with Crippen molar-refractivity contribution < 1.29 is 18.7 Å². The number of hydrogen-bond donors (Lipinski definition) is 0. The third-order valence-corrected chi connectivity index (χ3v) is 4.20. The lowest BCUT2D eigenvalue weighted by Crippen LogP contribution is -2.34. The van der Waals surface area contributed by atoms with E-state index >= 15 is 0 Å². The van der Waals surface area contributed by atoms with Gasteiger partial charge in [0.1, 0.15) is 5.82 Å². The van der Waals surface area contributed by atoms with Crippen molar-refractivity contribution in [1.29, 1.82) is 0 Å². The minimum absolute atomic E-state index is 0.253. The smallest absolute Gasteiger partial charge is 0.338 e. The SMILES string of the molecule is CCN(Cc1cccc(F)c1)C(=O)COC(=O)c1ccc(-n2cccn2)cc1. The second kappa shape index (κ2) is 8.94. The Hall–Kier alpha value is -3.48. The van der Waals surface area contributed by atoms with Gasteiger partial charge in [-0.3, -0.25) is 4.79 Å². The maximum Gasteiger partial charge on any atom is 0.338 e. The average Bonchev–Trinajstić information content (AvgIpc) is 3.25. The Morgan fingerprint density at radius 3 is 2.57 bits per heavy atom. The number of hydrogen-bond acceptors (Lipinski definition) is 4. The molecule has 1 amide bonds. The van der Waals surface area contributed by atoms with Crippen LogP contribution in [0, 0.1) is 5.82 Å². The van der Waals surface area contributed by atoms with Gasteiger partial charge in [0, 0.05) is 25.5 Å². The number of esters is 1. The van der Waals surface area contributed by atoms with Crippen LogP contribution in [0.1, 0.15) is 22.8 Å². The van der Waals surface area contributed by atoms with E-state index < -0.39 is 5.97 Å². The molecule has 144 valence electrons. The van der Waals surface area contributed by atoms with Crippen LogP contribution < -0.4 is 0 Å². The van der Waals surface area contributed by atoms with Gasteiger partial charge in [-0.25, -0.2) is 13.9 Å². The Morgan fingerprint density at radius 1 is 1.14 bits per heavy atom. The number of ether oxygens (including phenoxy) is 1. The first-order valence-corrected chi connectivity index (χ1v) is 8.86. The van der Waals surface area contributed by atoms with Crippen molar-refractivity contribution in [3.63, 3.8) is 0 Å². The number of aromatic nitrogens is 2. The number of carbonyl (C=O) groups excluding carboxylic acids is 2. The van der Waals surface area contributed by atoms with E-state index in [9.17, 15) is 14.0 Å². The highest BCUT2D eigenvalue weighted by Gasteiger charge is 2.16. The number of nitrogens with zero attached hydrogens (tertiary/aromatic N) is 3. The van der Waals surface area contributed by atoms with Gasteiger partial charge in [0.15, 0.2) is 6.61 Å². The summed E-state index contributed by atoms with van der Waals surface area (Å²) in [6.07, 6.45) is 3.46.